The monoisotopic (exact) mass is 417 g/mol. The van der Waals surface area contributed by atoms with Gasteiger partial charge in [-0.15, -0.1) is 11.3 Å². The molecule has 2 heterocycles. The Bertz CT molecular complexity index is 889. The van der Waals surface area contributed by atoms with Crippen molar-refractivity contribution in [2.45, 2.75) is 12.8 Å². The Kier molecular flexibility index (Phi) is 6.55. The van der Waals surface area contributed by atoms with Crippen molar-refractivity contribution in [3.8, 4) is 0 Å². The molecule has 0 saturated carbocycles. The molecule has 0 unspecified atom stereocenters. The van der Waals surface area contributed by atoms with Gasteiger partial charge >= 0.3 is 5.97 Å². The molecule has 0 atom stereocenters. The molecule has 29 heavy (non-hydrogen) atoms. The van der Waals surface area contributed by atoms with Crippen LogP contribution in [-0.2, 0) is 14.3 Å². The fourth-order valence-electron chi connectivity index (χ4n) is 2.99. The maximum Gasteiger partial charge on any atom is 0.309 e. The van der Waals surface area contributed by atoms with E-state index in [-0.39, 0.29) is 17.5 Å². The third-order valence-corrected chi connectivity index (χ3v) is 5.41. The summed E-state index contributed by atoms with van der Waals surface area (Å²) >= 11 is 1.39. The molecule has 1 fully saturated rings. The van der Waals surface area contributed by atoms with Gasteiger partial charge in [0.1, 0.15) is 0 Å². The minimum atomic E-state index is -0.535. The van der Waals surface area contributed by atoms with Gasteiger partial charge in [-0.1, -0.05) is 6.07 Å². The van der Waals surface area contributed by atoms with E-state index in [1.807, 2.05) is 11.4 Å². The van der Waals surface area contributed by atoms with Gasteiger partial charge in [0, 0.05) is 30.9 Å². The first-order valence-corrected chi connectivity index (χ1v) is 9.85. The van der Waals surface area contributed by atoms with Crippen LogP contribution in [0.1, 0.15) is 22.5 Å². The smallest absolute Gasteiger partial charge is 0.309 e. The SMILES string of the molecule is O=C(COC(=O)C1CCN(C(=O)c2cccs2)CC1)Nc1ccc([N+](=O)[O-])cc1. The molecule has 1 aliphatic rings. The number of nitrogens with zero attached hydrogens (tertiary/aromatic N) is 2. The Hall–Kier alpha value is -3.27. The highest BCUT2D eigenvalue weighted by molar-refractivity contribution is 7.12. The molecule has 1 saturated heterocycles. The van der Waals surface area contributed by atoms with Crippen LogP contribution in [0.15, 0.2) is 41.8 Å². The molecule has 0 aliphatic carbocycles. The Balaban J connectivity index is 1.41. The lowest BCUT2D eigenvalue weighted by molar-refractivity contribution is -0.384. The number of nitro groups is 1. The number of benzene rings is 1. The van der Waals surface area contributed by atoms with Crippen molar-refractivity contribution < 1.29 is 24.0 Å². The van der Waals surface area contributed by atoms with Crippen LogP contribution in [0.3, 0.4) is 0 Å². The van der Waals surface area contributed by atoms with Crippen LogP contribution in [0.4, 0.5) is 11.4 Å². The summed E-state index contributed by atoms with van der Waals surface area (Å²) in [4.78, 5) is 48.9. The fourth-order valence-corrected chi connectivity index (χ4v) is 3.68. The molecule has 1 aromatic carbocycles. The van der Waals surface area contributed by atoms with E-state index >= 15 is 0 Å². The highest BCUT2D eigenvalue weighted by Gasteiger charge is 2.29. The predicted molar refractivity (Wildman–Crippen MR) is 106 cm³/mol. The number of rotatable bonds is 6. The summed E-state index contributed by atoms with van der Waals surface area (Å²) in [6.07, 6.45) is 0.972. The summed E-state index contributed by atoms with van der Waals surface area (Å²) in [6.45, 7) is 0.487. The van der Waals surface area contributed by atoms with Crippen molar-refractivity contribution in [3.63, 3.8) is 0 Å². The topological polar surface area (TPSA) is 119 Å². The number of nitrogens with one attached hydrogen (secondary N) is 1. The molecule has 152 valence electrons. The van der Waals surface area contributed by atoms with Crippen molar-refractivity contribution >= 4 is 40.5 Å². The van der Waals surface area contributed by atoms with Gasteiger partial charge in [0.05, 0.1) is 15.7 Å². The van der Waals surface area contributed by atoms with E-state index in [9.17, 15) is 24.5 Å². The second kappa shape index (κ2) is 9.28. The zero-order valence-corrected chi connectivity index (χ0v) is 16.2. The van der Waals surface area contributed by atoms with Gasteiger partial charge in [-0.3, -0.25) is 24.5 Å². The number of piperidine rings is 1. The lowest BCUT2D eigenvalue weighted by Crippen LogP contribution is -2.40. The number of carbonyl (C=O) groups is 3. The molecule has 0 bridgehead atoms. The van der Waals surface area contributed by atoms with Gasteiger partial charge in [-0.2, -0.15) is 0 Å². The zero-order chi connectivity index (χ0) is 20.8. The highest BCUT2D eigenvalue weighted by atomic mass is 32.1. The van der Waals surface area contributed by atoms with Gasteiger partial charge < -0.3 is 15.0 Å². The fraction of sp³-hybridized carbons (Fsp3) is 0.316. The molecule has 1 aliphatic heterocycles. The standard InChI is InChI=1S/C19H19N3O6S/c23-17(20-14-3-5-15(6-4-14)22(26)27)12-28-19(25)13-7-9-21(10-8-13)18(24)16-2-1-11-29-16/h1-6,11,13H,7-10,12H2,(H,20,23). The minimum absolute atomic E-state index is 0.0331. The highest BCUT2D eigenvalue weighted by Crippen LogP contribution is 2.22. The second-order valence-electron chi connectivity index (χ2n) is 6.50. The maximum atomic E-state index is 12.3. The zero-order valence-electron chi connectivity index (χ0n) is 15.4. The van der Waals surface area contributed by atoms with E-state index in [4.69, 9.17) is 4.74 Å². The van der Waals surface area contributed by atoms with E-state index < -0.39 is 23.4 Å². The number of hydrogen-bond donors (Lipinski definition) is 1. The molecule has 2 aromatic rings. The summed E-state index contributed by atoms with van der Waals surface area (Å²) in [7, 11) is 0. The van der Waals surface area contributed by atoms with Crippen molar-refractivity contribution in [2.75, 3.05) is 25.0 Å². The number of thiophene rings is 1. The molecule has 0 radical (unpaired) electrons. The van der Waals surface area contributed by atoms with Crippen LogP contribution in [0.25, 0.3) is 0 Å². The van der Waals surface area contributed by atoms with E-state index in [1.165, 1.54) is 35.6 Å². The molecule has 1 aromatic heterocycles. The number of carbonyl (C=O) groups excluding carboxylic acids is 3. The first-order valence-electron chi connectivity index (χ1n) is 8.98. The molecule has 1 N–H and O–H groups in total. The third kappa shape index (κ3) is 5.38. The van der Waals surface area contributed by atoms with Crippen molar-refractivity contribution in [2.24, 2.45) is 5.92 Å². The average Bonchev–Trinajstić information content (AvgIpc) is 3.27. The summed E-state index contributed by atoms with van der Waals surface area (Å²) in [5.41, 5.74) is 0.287. The summed E-state index contributed by atoms with van der Waals surface area (Å²) in [5.74, 6) is -1.38. The Morgan fingerprint density at radius 2 is 1.86 bits per heavy atom. The minimum Gasteiger partial charge on any atom is -0.455 e. The van der Waals surface area contributed by atoms with Crippen molar-refractivity contribution in [1.29, 1.82) is 0 Å². The number of amides is 2. The normalized spacial score (nSPS) is 14.3. The van der Waals surface area contributed by atoms with Crippen LogP contribution in [0.2, 0.25) is 0 Å². The Labute approximate surface area is 170 Å². The number of likely N-dealkylation sites (tertiary alicyclic amines) is 1. The van der Waals surface area contributed by atoms with Gasteiger partial charge in [0.15, 0.2) is 6.61 Å². The molecular formula is C19H19N3O6S. The molecule has 2 amide bonds. The maximum absolute atomic E-state index is 12.3. The summed E-state index contributed by atoms with van der Waals surface area (Å²) in [6, 6.07) is 8.94. The van der Waals surface area contributed by atoms with Gasteiger partial charge in [-0.25, -0.2) is 0 Å². The van der Waals surface area contributed by atoms with Gasteiger partial charge in [-0.05, 0) is 36.4 Å². The van der Waals surface area contributed by atoms with Crippen LogP contribution >= 0.6 is 11.3 Å². The van der Waals surface area contributed by atoms with Gasteiger partial charge in [0.2, 0.25) is 0 Å². The Morgan fingerprint density at radius 3 is 2.45 bits per heavy atom. The summed E-state index contributed by atoms with van der Waals surface area (Å²) in [5, 5.41) is 15.0. The number of ether oxygens (including phenoxy) is 1. The van der Waals surface area contributed by atoms with Gasteiger partial charge in [0.25, 0.3) is 17.5 Å². The lowest BCUT2D eigenvalue weighted by atomic mass is 9.97. The predicted octanol–water partition coefficient (Wildman–Crippen LogP) is 2.69. The lowest BCUT2D eigenvalue weighted by Gasteiger charge is -2.30. The van der Waals surface area contributed by atoms with Crippen LogP contribution in [-0.4, -0.2) is 47.3 Å². The van der Waals surface area contributed by atoms with E-state index in [2.05, 4.69) is 5.32 Å². The molecule has 0 spiro atoms. The largest absolute Gasteiger partial charge is 0.455 e. The van der Waals surface area contributed by atoms with Crippen LogP contribution in [0, 0.1) is 16.0 Å². The van der Waals surface area contributed by atoms with Crippen molar-refractivity contribution in [1.82, 2.24) is 4.90 Å². The molecule has 3 rings (SSSR count). The van der Waals surface area contributed by atoms with Crippen molar-refractivity contribution in [3.05, 3.63) is 56.8 Å². The third-order valence-electron chi connectivity index (χ3n) is 4.55. The average molecular weight is 417 g/mol. The quantitative estimate of drug-likeness (QED) is 0.438. The van der Waals surface area contributed by atoms with E-state index in [0.29, 0.717) is 36.5 Å². The summed E-state index contributed by atoms with van der Waals surface area (Å²) < 4.78 is 5.08. The number of hydrogen-bond acceptors (Lipinski definition) is 7. The number of esters is 1. The van der Waals surface area contributed by atoms with E-state index in [0.717, 1.165) is 0 Å². The number of anilines is 1. The first kappa shape index (κ1) is 20.5. The first-order chi connectivity index (χ1) is 13.9. The molecule has 10 heteroatoms. The number of non-ortho nitro benzene ring substituents is 1. The second-order valence-corrected chi connectivity index (χ2v) is 7.45. The Morgan fingerprint density at radius 1 is 1.17 bits per heavy atom. The van der Waals surface area contributed by atoms with E-state index in [1.54, 1.807) is 11.0 Å². The number of nitro benzene ring substituents is 1. The van der Waals surface area contributed by atoms with Crippen LogP contribution < -0.4 is 5.32 Å². The van der Waals surface area contributed by atoms with Crippen LogP contribution in [0.5, 0.6) is 0 Å². The molecular weight excluding hydrogens is 398 g/mol. The molecule has 9 nitrogen and oxygen atoms in total.